The fraction of sp³-hybridized carbons (Fsp3) is 0.450. The number of aromatic nitrogens is 1. The van der Waals surface area contributed by atoms with Crippen molar-refractivity contribution in [3.63, 3.8) is 0 Å². The molecule has 25 heavy (non-hydrogen) atoms. The molecule has 1 aliphatic rings. The zero-order valence-corrected chi connectivity index (χ0v) is 15.1. The van der Waals surface area contributed by atoms with Gasteiger partial charge in [-0.2, -0.15) is 0 Å². The summed E-state index contributed by atoms with van der Waals surface area (Å²) in [5.41, 5.74) is 3.97. The van der Waals surface area contributed by atoms with Crippen LogP contribution in [0.2, 0.25) is 0 Å². The lowest BCUT2D eigenvalue weighted by Crippen LogP contribution is -2.34. The van der Waals surface area contributed by atoms with Crippen LogP contribution in [0, 0.1) is 19.8 Å². The van der Waals surface area contributed by atoms with Gasteiger partial charge in [0.15, 0.2) is 0 Å². The zero-order valence-electron chi connectivity index (χ0n) is 15.1. The van der Waals surface area contributed by atoms with Crippen molar-refractivity contribution in [3.8, 4) is 0 Å². The third-order valence-electron chi connectivity index (χ3n) is 5.23. The van der Waals surface area contributed by atoms with Gasteiger partial charge in [0.1, 0.15) is 0 Å². The van der Waals surface area contributed by atoms with E-state index in [1.807, 2.05) is 38.1 Å². The van der Waals surface area contributed by atoms with Gasteiger partial charge in [0, 0.05) is 36.9 Å². The van der Waals surface area contributed by atoms with E-state index in [1.54, 1.807) is 0 Å². The lowest BCUT2D eigenvalue weighted by atomic mass is 10.1. The first-order valence-corrected chi connectivity index (χ1v) is 8.89. The van der Waals surface area contributed by atoms with Crippen molar-refractivity contribution in [2.24, 2.45) is 5.92 Å². The molecule has 1 saturated heterocycles. The molecule has 3 rings (SSSR count). The monoisotopic (exact) mass is 341 g/mol. The smallest absolute Gasteiger partial charge is 0.253 e. The molecule has 0 spiro atoms. The lowest BCUT2D eigenvalue weighted by Gasteiger charge is -2.19. The number of rotatable bonds is 5. The largest absolute Gasteiger partial charge is 0.391 e. The Morgan fingerprint density at radius 3 is 2.68 bits per heavy atom. The van der Waals surface area contributed by atoms with Gasteiger partial charge < -0.3 is 20.3 Å². The number of hydrogen-bond donors (Lipinski definition) is 3. The first-order valence-electron chi connectivity index (χ1n) is 8.89. The van der Waals surface area contributed by atoms with Crippen molar-refractivity contribution in [3.05, 3.63) is 58.9 Å². The summed E-state index contributed by atoms with van der Waals surface area (Å²) in [6.07, 6.45) is -0.383. The number of benzene rings is 1. The number of carbonyl (C=O) groups excluding carboxylic acids is 1. The minimum atomic E-state index is -0.383. The topological polar surface area (TPSA) is 66.3 Å². The van der Waals surface area contributed by atoms with Crippen LogP contribution in [0.15, 0.2) is 36.4 Å². The Morgan fingerprint density at radius 1 is 1.32 bits per heavy atom. The number of nitrogens with zero attached hydrogens (tertiary/aromatic N) is 1. The number of aliphatic hydroxyl groups excluding tert-OH is 1. The quantitative estimate of drug-likeness (QED) is 0.779. The first-order chi connectivity index (χ1) is 12.0. The molecule has 1 fully saturated rings. The van der Waals surface area contributed by atoms with Crippen molar-refractivity contribution in [1.29, 1.82) is 0 Å². The summed E-state index contributed by atoms with van der Waals surface area (Å²) < 4.78 is 2.20. The van der Waals surface area contributed by atoms with Crippen molar-refractivity contribution < 1.29 is 9.90 Å². The number of aryl methyl sites for hydroxylation is 1. The zero-order chi connectivity index (χ0) is 18.0. The molecule has 5 heteroatoms. The average molecular weight is 341 g/mol. The van der Waals surface area contributed by atoms with Crippen LogP contribution in [0.1, 0.15) is 40.3 Å². The van der Waals surface area contributed by atoms with Crippen molar-refractivity contribution >= 4 is 5.91 Å². The van der Waals surface area contributed by atoms with Gasteiger partial charge >= 0.3 is 0 Å². The Morgan fingerprint density at radius 2 is 2.04 bits per heavy atom. The second-order valence-corrected chi connectivity index (χ2v) is 6.94. The maximum atomic E-state index is 12.6. The Labute approximate surface area is 149 Å². The number of nitrogens with one attached hydrogen (secondary N) is 2. The summed E-state index contributed by atoms with van der Waals surface area (Å²) in [5, 5.41) is 16.0. The minimum Gasteiger partial charge on any atom is -0.391 e. The molecule has 3 atom stereocenters. The highest BCUT2D eigenvalue weighted by Gasteiger charge is 2.26. The van der Waals surface area contributed by atoms with Crippen LogP contribution in [-0.2, 0) is 0 Å². The fourth-order valence-electron chi connectivity index (χ4n) is 3.73. The van der Waals surface area contributed by atoms with Gasteiger partial charge in [-0.15, -0.1) is 0 Å². The van der Waals surface area contributed by atoms with Crippen molar-refractivity contribution in [2.75, 3.05) is 19.6 Å². The van der Waals surface area contributed by atoms with Crippen molar-refractivity contribution in [1.82, 2.24) is 15.2 Å². The molecule has 0 saturated carbocycles. The Balaban J connectivity index is 1.76. The van der Waals surface area contributed by atoms with E-state index in [0.717, 1.165) is 17.9 Å². The summed E-state index contributed by atoms with van der Waals surface area (Å²) in [5.74, 6) is 0.00870. The average Bonchev–Trinajstić information content (AvgIpc) is 3.15. The molecule has 1 aliphatic heterocycles. The predicted octanol–water partition coefficient (Wildman–Crippen LogP) is 2.02. The second-order valence-electron chi connectivity index (χ2n) is 6.94. The number of amides is 1. The van der Waals surface area contributed by atoms with E-state index in [9.17, 15) is 9.90 Å². The molecule has 3 N–H and O–H groups in total. The Bertz CT molecular complexity index is 739. The third-order valence-corrected chi connectivity index (χ3v) is 5.23. The maximum Gasteiger partial charge on any atom is 0.253 e. The van der Waals surface area contributed by atoms with Gasteiger partial charge in [0.25, 0.3) is 5.91 Å². The van der Waals surface area contributed by atoms with Gasteiger partial charge in [-0.3, -0.25) is 4.79 Å². The molecule has 1 amide bonds. The van der Waals surface area contributed by atoms with Gasteiger partial charge in [-0.05, 0) is 32.4 Å². The summed E-state index contributed by atoms with van der Waals surface area (Å²) in [6.45, 7) is 8.01. The first kappa shape index (κ1) is 17.7. The van der Waals surface area contributed by atoms with E-state index in [-0.39, 0.29) is 24.0 Å². The summed E-state index contributed by atoms with van der Waals surface area (Å²) >= 11 is 0. The van der Waals surface area contributed by atoms with Crippen LogP contribution < -0.4 is 10.6 Å². The molecule has 134 valence electrons. The third kappa shape index (κ3) is 3.62. The predicted molar refractivity (Wildman–Crippen MR) is 98.9 cm³/mol. The number of hydrogen-bond acceptors (Lipinski definition) is 3. The van der Waals surface area contributed by atoms with Crippen LogP contribution in [-0.4, -0.2) is 41.3 Å². The molecule has 1 aromatic carbocycles. The van der Waals surface area contributed by atoms with E-state index in [1.165, 1.54) is 5.56 Å². The number of carbonyl (C=O) groups is 1. The van der Waals surface area contributed by atoms with E-state index in [4.69, 9.17) is 0 Å². The SMILES string of the molecule is Cc1cc(C(=O)NCC2CNCC2O)c(C)n1C(C)c1ccccc1. The van der Waals surface area contributed by atoms with Gasteiger partial charge in [0.05, 0.1) is 17.7 Å². The normalized spacial score (nSPS) is 21.3. The number of aliphatic hydroxyl groups is 1. The van der Waals surface area contributed by atoms with Crippen LogP contribution in [0.5, 0.6) is 0 Å². The molecule has 2 aromatic rings. The van der Waals surface area contributed by atoms with Crippen LogP contribution in [0.3, 0.4) is 0 Å². The van der Waals surface area contributed by atoms with E-state index in [0.29, 0.717) is 18.7 Å². The minimum absolute atomic E-state index is 0.0706. The summed E-state index contributed by atoms with van der Waals surface area (Å²) in [6, 6.07) is 12.4. The maximum absolute atomic E-state index is 12.6. The molecule has 3 unspecified atom stereocenters. The Kier molecular flexibility index (Phi) is 5.25. The molecular weight excluding hydrogens is 314 g/mol. The second kappa shape index (κ2) is 7.42. The molecule has 0 aliphatic carbocycles. The molecule has 1 aromatic heterocycles. The standard InChI is InChI=1S/C20H27N3O2/c1-13-9-18(20(25)22-11-17-10-21-12-19(17)24)15(3)23(13)14(2)16-7-5-4-6-8-16/h4-9,14,17,19,21,24H,10-12H2,1-3H3,(H,22,25). The highest BCUT2D eigenvalue weighted by molar-refractivity contribution is 5.95. The highest BCUT2D eigenvalue weighted by Crippen LogP contribution is 2.25. The van der Waals surface area contributed by atoms with Crippen LogP contribution >= 0.6 is 0 Å². The van der Waals surface area contributed by atoms with E-state index < -0.39 is 0 Å². The Hall–Kier alpha value is -2.11. The molecular formula is C20H27N3O2. The highest BCUT2D eigenvalue weighted by atomic mass is 16.3. The van der Waals surface area contributed by atoms with Crippen LogP contribution in [0.25, 0.3) is 0 Å². The molecule has 2 heterocycles. The van der Waals surface area contributed by atoms with Crippen LogP contribution in [0.4, 0.5) is 0 Å². The lowest BCUT2D eigenvalue weighted by molar-refractivity contribution is 0.0926. The molecule has 5 nitrogen and oxygen atoms in total. The van der Waals surface area contributed by atoms with Gasteiger partial charge in [-0.25, -0.2) is 0 Å². The summed E-state index contributed by atoms with van der Waals surface area (Å²) in [7, 11) is 0. The molecule has 0 radical (unpaired) electrons. The van der Waals surface area contributed by atoms with Gasteiger partial charge in [0.2, 0.25) is 0 Å². The van der Waals surface area contributed by atoms with E-state index in [2.05, 4.69) is 34.3 Å². The number of β-amino-alcohol motifs (C(OH)–C–C–N with tert-alkyl or cyclic N) is 1. The summed E-state index contributed by atoms with van der Waals surface area (Å²) in [4.78, 5) is 12.6. The van der Waals surface area contributed by atoms with E-state index >= 15 is 0 Å². The fourth-order valence-corrected chi connectivity index (χ4v) is 3.73. The molecule has 0 bridgehead atoms. The van der Waals surface area contributed by atoms with Gasteiger partial charge in [-0.1, -0.05) is 30.3 Å². The van der Waals surface area contributed by atoms with Crippen molar-refractivity contribution in [2.45, 2.75) is 32.9 Å².